The van der Waals surface area contributed by atoms with Gasteiger partial charge >= 0.3 is 0 Å². The molecule has 2 atom stereocenters. The molecule has 1 aliphatic rings. The first-order chi connectivity index (χ1) is 15.9. The third-order valence-electron chi connectivity index (χ3n) is 6.50. The minimum atomic E-state index is -0.148. The van der Waals surface area contributed by atoms with Crippen LogP contribution in [0.1, 0.15) is 43.0 Å². The number of carbonyl (C=O) groups is 1. The fourth-order valence-electron chi connectivity index (χ4n) is 4.98. The number of carbonyl (C=O) groups excluding carboxylic acids is 1. The van der Waals surface area contributed by atoms with E-state index < -0.39 is 0 Å². The van der Waals surface area contributed by atoms with Gasteiger partial charge in [0, 0.05) is 23.0 Å². The largest absolute Gasteiger partial charge is 0.508 e. The smallest absolute Gasteiger partial charge is 0.264 e. The van der Waals surface area contributed by atoms with E-state index in [1.165, 1.54) is 0 Å². The molecule has 4 aromatic rings. The van der Waals surface area contributed by atoms with Crippen LogP contribution in [0, 0.1) is 6.92 Å². The number of halogens is 1. The Hall–Kier alpha value is -3.32. The Morgan fingerprint density at radius 2 is 2.03 bits per heavy atom. The summed E-state index contributed by atoms with van der Waals surface area (Å²) < 4.78 is 7.14. The summed E-state index contributed by atoms with van der Waals surface area (Å²) in [5, 5.41) is 18.8. The van der Waals surface area contributed by atoms with Crippen LogP contribution in [0.15, 0.2) is 51.8 Å². The molecule has 2 heterocycles. The number of nitrogens with one attached hydrogen (secondary N) is 1. The number of pyridine rings is 1. The summed E-state index contributed by atoms with van der Waals surface area (Å²) in [7, 11) is 0. The predicted octanol–water partition coefficient (Wildman–Crippen LogP) is 4.65. The zero-order chi connectivity index (χ0) is 23.1. The lowest BCUT2D eigenvalue weighted by molar-refractivity contribution is -0.121. The molecule has 33 heavy (non-hydrogen) atoms. The monoisotopic (exact) mass is 465 g/mol. The second-order valence-corrected chi connectivity index (χ2v) is 9.07. The third kappa shape index (κ3) is 3.86. The number of aryl methyl sites for hydroxylation is 1. The maximum atomic E-state index is 13.5. The van der Waals surface area contributed by atoms with Gasteiger partial charge < -0.3 is 19.5 Å². The lowest BCUT2D eigenvalue weighted by atomic mass is 9.90. The highest BCUT2D eigenvalue weighted by Gasteiger charge is 2.28. The van der Waals surface area contributed by atoms with E-state index in [4.69, 9.17) is 16.1 Å². The lowest BCUT2D eigenvalue weighted by Gasteiger charge is -2.32. The van der Waals surface area contributed by atoms with Gasteiger partial charge in [-0.3, -0.25) is 9.59 Å². The maximum Gasteiger partial charge on any atom is 0.264 e. The molecular weight excluding hydrogens is 442 g/mol. The molecule has 1 aliphatic carbocycles. The highest BCUT2D eigenvalue weighted by Crippen LogP contribution is 2.35. The van der Waals surface area contributed by atoms with Gasteiger partial charge in [0.25, 0.3) is 5.56 Å². The van der Waals surface area contributed by atoms with Gasteiger partial charge in [0.15, 0.2) is 0 Å². The fraction of sp³-hybridized carbons (Fsp3) is 0.320. The van der Waals surface area contributed by atoms with Gasteiger partial charge in [0.1, 0.15) is 22.4 Å². The van der Waals surface area contributed by atoms with Crippen LogP contribution < -0.4 is 10.9 Å². The van der Waals surface area contributed by atoms with E-state index in [-0.39, 0.29) is 35.7 Å². The summed E-state index contributed by atoms with van der Waals surface area (Å²) in [5.41, 5.74) is 1.65. The van der Waals surface area contributed by atoms with Crippen LogP contribution in [0.4, 0.5) is 0 Å². The van der Waals surface area contributed by atoms with Gasteiger partial charge in [-0.1, -0.05) is 41.0 Å². The number of rotatable bonds is 4. The number of hydrogen-bond donors (Lipinski definition) is 2. The highest BCUT2D eigenvalue weighted by atomic mass is 35.5. The second kappa shape index (κ2) is 8.56. The molecule has 170 valence electrons. The van der Waals surface area contributed by atoms with E-state index in [0.29, 0.717) is 39.1 Å². The highest BCUT2D eigenvalue weighted by molar-refractivity contribution is 6.37. The fourth-order valence-corrected chi connectivity index (χ4v) is 5.24. The van der Waals surface area contributed by atoms with Gasteiger partial charge in [0.2, 0.25) is 5.91 Å². The molecule has 0 unspecified atom stereocenters. The molecule has 1 saturated carbocycles. The van der Waals surface area contributed by atoms with Gasteiger partial charge in [0.05, 0.1) is 17.0 Å². The predicted molar refractivity (Wildman–Crippen MR) is 127 cm³/mol. The lowest BCUT2D eigenvalue weighted by Crippen LogP contribution is -2.41. The average Bonchev–Trinajstić information content (AvgIpc) is 3.17. The Kier molecular flexibility index (Phi) is 5.58. The summed E-state index contributed by atoms with van der Waals surface area (Å²) in [4.78, 5) is 26.2. The number of phenols is 1. The molecule has 1 amide bonds. The molecule has 2 aromatic heterocycles. The maximum absolute atomic E-state index is 13.5. The number of aromatic hydroxyl groups is 1. The number of nitrogens with zero attached hydrogens (tertiary/aromatic N) is 2. The Morgan fingerprint density at radius 1 is 1.21 bits per heavy atom. The molecule has 8 heteroatoms. The normalized spacial score (nSPS) is 18.6. The van der Waals surface area contributed by atoms with Crippen LogP contribution in [0.25, 0.3) is 21.8 Å². The average molecular weight is 466 g/mol. The van der Waals surface area contributed by atoms with Gasteiger partial charge in [-0.25, -0.2) is 0 Å². The molecule has 5 rings (SSSR count). The Morgan fingerprint density at radius 3 is 2.85 bits per heavy atom. The van der Waals surface area contributed by atoms with E-state index in [1.54, 1.807) is 41.8 Å². The van der Waals surface area contributed by atoms with Crippen LogP contribution in [0.5, 0.6) is 5.75 Å². The SMILES string of the molecule is Cc1onc2c1c(=O)n([C@@H]1CCC[C@H](NC(=O)Cc3ccccc3O)C1)c1cccc(Cl)c21. The van der Waals surface area contributed by atoms with Crippen molar-refractivity contribution in [1.82, 2.24) is 15.0 Å². The zero-order valence-electron chi connectivity index (χ0n) is 18.2. The van der Waals surface area contributed by atoms with Crippen molar-refractivity contribution in [2.45, 2.75) is 51.1 Å². The Bertz CT molecular complexity index is 1420. The Labute approximate surface area is 194 Å². The minimum Gasteiger partial charge on any atom is -0.508 e. The summed E-state index contributed by atoms with van der Waals surface area (Å²) in [6.07, 6.45) is 3.28. The molecular formula is C25H24ClN3O4. The number of fused-ring (bicyclic) bond motifs is 3. The number of phenolic OH excluding ortho intramolecular Hbond substituents is 1. The zero-order valence-corrected chi connectivity index (χ0v) is 18.9. The van der Waals surface area contributed by atoms with E-state index in [2.05, 4.69) is 10.5 Å². The van der Waals surface area contributed by atoms with E-state index in [9.17, 15) is 14.7 Å². The van der Waals surface area contributed by atoms with Crippen LogP contribution in [0.2, 0.25) is 5.02 Å². The Balaban J connectivity index is 1.46. The van der Waals surface area contributed by atoms with E-state index in [0.717, 1.165) is 24.8 Å². The van der Waals surface area contributed by atoms with Crippen LogP contribution in [-0.4, -0.2) is 26.8 Å². The van der Waals surface area contributed by atoms with Crippen molar-refractivity contribution in [2.75, 3.05) is 0 Å². The third-order valence-corrected chi connectivity index (χ3v) is 6.82. The molecule has 0 spiro atoms. The minimum absolute atomic E-state index is 0.0671. The molecule has 0 radical (unpaired) electrons. The number of hydrogen-bond acceptors (Lipinski definition) is 5. The van der Waals surface area contributed by atoms with Crippen LogP contribution in [-0.2, 0) is 11.2 Å². The summed E-state index contributed by atoms with van der Waals surface area (Å²) >= 11 is 6.52. The van der Waals surface area contributed by atoms with Crippen molar-refractivity contribution in [1.29, 1.82) is 0 Å². The van der Waals surface area contributed by atoms with Gasteiger partial charge in [-0.2, -0.15) is 0 Å². The summed E-state index contributed by atoms with van der Waals surface area (Å²) in [6, 6.07) is 12.2. The molecule has 0 saturated heterocycles. The molecule has 0 bridgehead atoms. The topological polar surface area (TPSA) is 97.4 Å². The summed E-state index contributed by atoms with van der Waals surface area (Å²) in [6.45, 7) is 1.73. The number of aromatic nitrogens is 2. The molecule has 2 N–H and O–H groups in total. The van der Waals surface area contributed by atoms with Gasteiger partial charge in [-0.05, 0) is 50.8 Å². The van der Waals surface area contributed by atoms with Crippen molar-refractivity contribution >= 4 is 39.3 Å². The number of benzene rings is 2. The molecule has 2 aromatic carbocycles. The first kappa shape index (κ1) is 21.5. The second-order valence-electron chi connectivity index (χ2n) is 8.66. The standard InChI is InChI=1S/C25H24ClN3O4/c1-14-22-24(28-33-14)23-18(26)9-5-10-19(23)29(25(22)32)17-8-4-7-16(13-17)27-21(31)12-15-6-2-3-11-20(15)30/h2-3,5-6,9-11,16-17,30H,4,7-8,12-13H2,1H3,(H,27,31)/t16-,17+/m0/s1. The molecule has 0 aliphatic heterocycles. The van der Waals surface area contributed by atoms with Crippen LogP contribution >= 0.6 is 11.6 Å². The van der Waals surface area contributed by atoms with Crippen molar-refractivity contribution in [3.8, 4) is 5.75 Å². The first-order valence-electron chi connectivity index (χ1n) is 11.1. The van der Waals surface area contributed by atoms with Crippen molar-refractivity contribution < 1.29 is 14.4 Å². The number of para-hydroxylation sites is 1. The van der Waals surface area contributed by atoms with Crippen molar-refractivity contribution in [3.05, 3.63) is 69.2 Å². The summed E-state index contributed by atoms with van der Waals surface area (Å²) in [5.74, 6) is 0.433. The molecule has 7 nitrogen and oxygen atoms in total. The van der Waals surface area contributed by atoms with Gasteiger partial charge in [-0.15, -0.1) is 0 Å². The van der Waals surface area contributed by atoms with Crippen molar-refractivity contribution in [3.63, 3.8) is 0 Å². The van der Waals surface area contributed by atoms with Crippen LogP contribution in [0.3, 0.4) is 0 Å². The molecule has 1 fully saturated rings. The van der Waals surface area contributed by atoms with E-state index in [1.807, 2.05) is 12.1 Å². The quantitative estimate of drug-likeness (QED) is 0.457. The first-order valence-corrected chi connectivity index (χ1v) is 11.5. The van der Waals surface area contributed by atoms with Crippen molar-refractivity contribution in [2.24, 2.45) is 0 Å². The van der Waals surface area contributed by atoms with E-state index >= 15 is 0 Å². The number of amides is 1.